The summed E-state index contributed by atoms with van der Waals surface area (Å²) in [5.41, 5.74) is 0. The van der Waals surface area contributed by atoms with E-state index in [-0.39, 0.29) is 0 Å². The van der Waals surface area contributed by atoms with Gasteiger partial charge in [0.25, 0.3) is 0 Å². The lowest BCUT2D eigenvalue weighted by molar-refractivity contribution is 0.0173. The first kappa shape index (κ1) is 17.6. The van der Waals surface area contributed by atoms with Gasteiger partial charge in [0.05, 0.1) is 6.54 Å². The molecule has 25 heavy (non-hydrogen) atoms. The van der Waals surface area contributed by atoms with Crippen LogP contribution in [-0.2, 0) is 0 Å². The van der Waals surface area contributed by atoms with Gasteiger partial charge in [0.1, 0.15) is 0 Å². The molecular formula is C19H36N6. The molecule has 5 heterocycles. The minimum absolute atomic E-state index is 0.622. The smallest absolute Gasteiger partial charge is 0.194 e. The summed E-state index contributed by atoms with van der Waals surface area (Å²) in [6, 6.07) is 1.36. The number of nitrogens with one attached hydrogen (secondary N) is 1. The molecule has 0 aromatic carbocycles. The van der Waals surface area contributed by atoms with Crippen LogP contribution in [0.4, 0.5) is 0 Å². The highest BCUT2D eigenvalue weighted by molar-refractivity contribution is 5.80. The number of rotatable bonds is 4. The quantitative estimate of drug-likeness (QED) is 0.592. The zero-order valence-corrected chi connectivity index (χ0v) is 16.0. The maximum atomic E-state index is 5.06. The van der Waals surface area contributed by atoms with Gasteiger partial charge in [-0.15, -0.1) is 0 Å². The second-order valence-corrected chi connectivity index (χ2v) is 8.17. The Kier molecular flexibility index (Phi) is 5.78. The van der Waals surface area contributed by atoms with Crippen LogP contribution in [0.5, 0.6) is 0 Å². The second kappa shape index (κ2) is 8.23. The van der Waals surface area contributed by atoms with E-state index in [1.165, 1.54) is 71.5 Å². The number of likely N-dealkylation sites (tertiary alicyclic amines) is 2. The third-order valence-corrected chi connectivity index (χ3v) is 6.55. The highest BCUT2D eigenvalue weighted by Crippen LogP contribution is 2.21. The highest BCUT2D eigenvalue weighted by atomic mass is 15.4. The van der Waals surface area contributed by atoms with Gasteiger partial charge in [0.15, 0.2) is 5.96 Å². The molecule has 2 bridgehead atoms. The molecule has 0 aliphatic carbocycles. The molecule has 5 aliphatic rings. The molecule has 2 atom stereocenters. The largest absolute Gasteiger partial charge is 0.357 e. The van der Waals surface area contributed by atoms with Crippen LogP contribution in [0.3, 0.4) is 0 Å². The fourth-order valence-corrected chi connectivity index (χ4v) is 5.03. The number of nitrogens with zero attached hydrogens (tertiary/aromatic N) is 5. The summed E-state index contributed by atoms with van der Waals surface area (Å²) in [6.07, 6.45) is 5.50. The average molecular weight is 349 g/mol. The standard InChI is InChI=1S/C19H36N6/c1-2-20-19(21-14-18-15-22-10-12-24(18)13-11-22)25-9-6-17(16-25)23-7-4-3-5-8-23/h17-18H,2-16H2,1H3,(H,20,21). The van der Waals surface area contributed by atoms with Crippen LogP contribution in [0.2, 0.25) is 0 Å². The van der Waals surface area contributed by atoms with E-state index in [4.69, 9.17) is 4.99 Å². The van der Waals surface area contributed by atoms with Crippen LogP contribution in [0.1, 0.15) is 32.6 Å². The molecule has 1 N–H and O–H groups in total. The number of fused-ring (bicyclic) bond motifs is 3. The van der Waals surface area contributed by atoms with Gasteiger partial charge in [-0.3, -0.25) is 19.7 Å². The number of hydrogen-bond acceptors (Lipinski definition) is 4. The van der Waals surface area contributed by atoms with E-state index in [0.717, 1.165) is 38.2 Å². The van der Waals surface area contributed by atoms with E-state index < -0.39 is 0 Å². The Bertz CT molecular complexity index is 453. The van der Waals surface area contributed by atoms with Crippen molar-refractivity contribution in [1.82, 2.24) is 24.9 Å². The molecule has 6 nitrogen and oxygen atoms in total. The Labute approximate surface area is 153 Å². The van der Waals surface area contributed by atoms with Gasteiger partial charge < -0.3 is 10.2 Å². The van der Waals surface area contributed by atoms with Crippen molar-refractivity contribution < 1.29 is 0 Å². The van der Waals surface area contributed by atoms with Crippen molar-refractivity contribution in [2.45, 2.75) is 44.7 Å². The van der Waals surface area contributed by atoms with Crippen molar-refractivity contribution in [2.75, 3.05) is 72.0 Å². The lowest BCUT2D eigenvalue weighted by Crippen LogP contribution is -2.62. The van der Waals surface area contributed by atoms with Crippen molar-refractivity contribution in [2.24, 2.45) is 4.99 Å². The first-order valence-corrected chi connectivity index (χ1v) is 10.6. The molecule has 5 aliphatic heterocycles. The first-order chi connectivity index (χ1) is 12.3. The summed E-state index contributed by atoms with van der Waals surface area (Å²) in [5, 5.41) is 3.56. The van der Waals surface area contributed by atoms with Gasteiger partial charge >= 0.3 is 0 Å². The summed E-state index contributed by atoms with van der Waals surface area (Å²) in [6.45, 7) is 15.2. The van der Waals surface area contributed by atoms with Crippen LogP contribution >= 0.6 is 0 Å². The van der Waals surface area contributed by atoms with Crippen molar-refractivity contribution >= 4 is 5.96 Å². The summed E-state index contributed by atoms with van der Waals surface area (Å²) >= 11 is 0. The molecule has 0 spiro atoms. The summed E-state index contributed by atoms with van der Waals surface area (Å²) < 4.78 is 0. The highest BCUT2D eigenvalue weighted by Gasteiger charge is 2.33. The van der Waals surface area contributed by atoms with Gasteiger partial charge in [-0.05, 0) is 39.3 Å². The zero-order chi connectivity index (χ0) is 17.1. The Hall–Kier alpha value is -0.850. The molecule has 0 saturated carbocycles. The summed E-state index contributed by atoms with van der Waals surface area (Å²) in [7, 11) is 0. The lowest BCUT2D eigenvalue weighted by atomic mass is 10.1. The molecule has 0 aromatic heterocycles. The minimum atomic E-state index is 0.622. The van der Waals surface area contributed by atoms with Crippen LogP contribution < -0.4 is 5.32 Å². The van der Waals surface area contributed by atoms with Crippen molar-refractivity contribution in [3.05, 3.63) is 0 Å². The van der Waals surface area contributed by atoms with Crippen molar-refractivity contribution in [3.8, 4) is 0 Å². The Balaban J connectivity index is 1.34. The van der Waals surface area contributed by atoms with Gasteiger partial charge in [0, 0.05) is 64.4 Å². The zero-order valence-electron chi connectivity index (χ0n) is 16.0. The first-order valence-electron chi connectivity index (χ1n) is 10.6. The average Bonchev–Trinajstić information content (AvgIpc) is 3.17. The van der Waals surface area contributed by atoms with Crippen LogP contribution in [-0.4, -0.2) is 110 Å². The summed E-state index contributed by atoms with van der Waals surface area (Å²) in [4.78, 5) is 15.6. The van der Waals surface area contributed by atoms with Crippen molar-refractivity contribution in [1.29, 1.82) is 0 Å². The predicted octanol–water partition coefficient (Wildman–Crippen LogP) is 0.512. The number of hydrogen-bond donors (Lipinski definition) is 1. The van der Waals surface area contributed by atoms with E-state index in [0.29, 0.717) is 6.04 Å². The molecule has 5 fully saturated rings. The van der Waals surface area contributed by atoms with Gasteiger partial charge in [-0.25, -0.2) is 0 Å². The van der Waals surface area contributed by atoms with Crippen LogP contribution in [0.25, 0.3) is 0 Å². The number of aliphatic imine (C=N–C) groups is 1. The lowest BCUT2D eigenvalue weighted by Gasteiger charge is -2.47. The third kappa shape index (κ3) is 4.12. The molecule has 2 unspecified atom stereocenters. The number of piperazine rings is 3. The molecule has 142 valence electrons. The molecule has 0 amide bonds. The fraction of sp³-hybridized carbons (Fsp3) is 0.947. The second-order valence-electron chi connectivity index (χ2n) is 8.17. The van der Waals surface area contributed by atoms with E-state index in [1.54, 1.807) is 0 Å². The molecule has 6 heteroatoms. The molecular weight excluding hydrogens is 312 g/mol. The van der Waals surface area contributed by atoms with E-state index in [1.807, 2.05) is 0 Å². The number of piperidine rings is 1. The Morgan fingerprint density at radius 2 is 1.72 bits per heavy atom. The van der Waals surface area contributed by atoms with Gasteiger partial charge in [-0.2, -0.15) is 0 Å². The normalized spacial score (nSPS) is 36.8. The van der Waals surface area contributed by atoms with E-state index in [9.17, 15) is 0 Å². The molecule has 5 rings (SSSR count). The maximum Gasteiger partial charge on any atom is 0.194 e. The SMILES string of the molecule is CCNC(=NCC1CN2CCN1CC2)N1CCC(N2CCCCC2)C1. The molecule has 5 saturated heterocycles. The Morgan fingerprint density at radius 1 is 0.920 bits per heavy atom. The summed E-state index contributed by atoms with van der Waals surface area (Å²) in [5.74, 6) is 1.15. The Morgan fingerprint density at radius 3 is 2.40 bits per heavy atom. The fourth-order valence-electron chi connectivity index (χ4n) is 5.03. The topological polar surface area (TPSA) is 37.4 Å². The maximum absolute atomic E-state index is 5.06. The van der Waals surface area contributed by atoms with E-state index in [2.05, 4.69) is 31.8 Å². The monoisotopic (exact) mass is 348 g/mol. The van der Waals surface area contributed by atoms with E-state index >= 15 is 0 Å². The predicted molar refractivity (Wildman–Crippen MR) is 103 cm³/mol. The van der Waals surface area contributed by atoms with Crippen LogP contribution in [0.15, 0.2) is 4.99 Å². The molecule has 0 radical (unpaired) electrons. The minimum Gasteiger partial charge on any atom is -0.357 e. The van der Waals surface area contributed by atoms with Gasteiger partial charge in [-0.1, -0.05) is 6.42 Å². The van der Waals surface area contributed by atoms with Crippen molar-refractivity contribution in [3.63, 3.8) is 0 Å². The van der Waals surface area contributed by atoms with Gasteiger partial charge in [0.2, 0.25) is 0 Å². The van der Waals surface area contributed by atoms with Crippen LogP contribution in [0, 0.1) is 0 Å². The molecule has 0 aromatic rings. The third-order valence-electron chi connectivity index (χ3n) is 6.55. The number of guanidine groups is 1.